The van der Waals surface area contributed by atoms with Crippen LogP contribution in [-0.4, -0.2) is 33.8 Å². The fourth-order valence-corrected chi connectivity index (χ4v) is 5.85. The monoisotopic (exact) mass is 530 g/mol. The van der Waals surface area contributed by atoms with E-state index in [9.17, 15) is 14.4 Å². The molecule has 40 heavy (non-hydrogen) atoms. The molecule has 1 saturated heterocycles. The van der Waals surface area contributed by atoms with Crippen molar-refractivity contribution in [1.29, 1.82) is 0 Å². The normalized spacial score (nSPS) is 18.2. The van der Waals surface area contributed by atoms with Crippen LogP contribution in [0.15, 0.2) is 95.6 Å². The van der Waals surface area contributed by atoms with Crippen LogP contribution in [0.2, 0.25) is 0 Å². The zero-order valence-electron chi connectivity index (χ0n) is 21.8. The number of aromatic amines is 1. The molecule has 2 aromatic heterocycles. The van der Waals surface area contributed by atoms with Crippen LogP contribution in [-0.2, 0) is 17.8 Å². The Morgan fingerprint density at radius 2 is 1.75 bits per heavy atom. The number of hydrogen-bond donors (Lipinski definition) is 2. The first-order valence-electron chi connectivity index (χ1n) is 13.2. The van der Waals surface area contributed by atoms with Gasteiger partial charge in [-0.3, -0.25) is 14.5 Å². The number of para-hydroxylation sites is 1. The van der Waals surface area contributed by atoms with Crippen LogP contribution in [0, 0.1) is 6.92 Å². The van der Waals surface area contributed by atoms with Crippen molar-refractivity contribution in [2.75, 3.05) is 4.90 Å². The number of carbonyl (C=O) groups excluding carboxylic acids is 3. The number of imide groups is 1. The lowest BCUT2D eigenvalue weighted by atomic mass is 9.88. The molecule has 0 aliphatic carbocycles. The van der Waals surface area contributed by atoms with E-state index >= 15 is 0 Å². The van der Waals surface area contributed by atoms with Crippen molar-refractivity contribution in [3.8, 4) is 0 Å². The summed E-state index contributed by atoms with van der Waals surface area (Å²) in [6.45, 7) is 2.29. The fraction of sp³-hybridized carbons (Fsp3) is 0.156. The predicted octanol–water partition coefficient (Wildman–Crippen LogP) is 5.48. The van der Waals surface area contributed by atoms with Crippen LogP contribution in [0.1, 0.15) is 44.5 Å². The molecule has 8 nitrogen and oxygen atoms in total. The third-order valence-corrected chi connectivity index (χ3v) is 7.83. The van der Waals surface area contributed by atoms with Crippen LogP contribution in [0.3, 0.4) is 0 Å². The number of hydrogen-bond acceptors (Lipinski definition) is 4. The number of nitrogens with one attached hydrogen (secondary N) is 2. The van der Waals surface area contributed by atoms with E-state index < -0.39 is 12.1 Å². The molecule has 0 saturated carbocycles. The smallest absolute Gasteiger partial charge is 0.332 e. The number of benzene rings is 3. The predicted molar refractivity (Wildman–Crippen MR) is 150 cm³/mol. The molecule has 1 fully saturated rings. The van der Waals surface area contributed by atoms with Crippen LogP contribution in [0.4, 0.5) is 10.5 Å². The van der Waals surface area contributed by atoms with Crippen molar-refractivity contribution in [2.24, 2.45) is 0 Å². The van der Waals surface area contributed by atoms with Crippen LogP contribution < -0.4 is 10.2 Å². The van der Waals surface area contributed by atoms with Gasteiger partial charge in [-0.1, -0.05) is 48.0 Å². The molecule has 0 bridgehead atoms. The number of anilines is 1. The molecule has 198 valence electrons. The highest BCUT2D eigenvalue weighted by Gasteiger charge is 2.53. The Hall–Kier alpha value is -5.11. The van der Waals surface area contributed by atoms with E-state index in [1.807, 2.05) is 49.4 Å². The molecule has 3 aromatic carbocycles. The van der Waals surface area contributed by atoms with Gasteiger partial charge in [0.05, 0.1) is 18.5 Å². The highest BCUT2D eigenvalue weighted by molar-refractivity contribution is 6.22. The summed E-state index contributed by atoms with van der Waals surface area (Å²) >= 11 is 0. The molecule has 2 N–H and O–H groups in total. The number of nitrogens with zero attached hydrogens (tertiary/aromatic N) is 2. The Morgan fingerprint density at radius 1 is 0.975 bits per heavy atom. The summed E-state index contributed by atoms with van der Waals surface area (Å²) in [5, 5.41) is 3.87. The van der Waals surface area contributed by atoms with E-state index in [0.29, 0.717) is 23.4 Å². The Morgan fingerprint density at radius 3 is 2.50 bits per heavy atom. The first-order valence-corrected chi connectivity index (χ1v) is 13.2. The number of amides is 4. The van der Waals surface area contributed by atoms with Gasteiger partial charge in [0.1, 0.15) is 17.8 Å². The fourth-order valence-electron chi connectivity index (χ4n) is 5.85. The Kier molecular flexibility index (Phi) is 5.55. The van der Waals surface area contributed by atoms with E-state index in [1.54, 1.807) is 47.6 Å². The second-order valence-electron chi connectivity index (χ2n) is 10.3. The van der Waals surface area contributed by atoms with E-state index in [2.05, 4.69) is 16.4 Å². The van der Waals surface area contributed by atoms with E-state index in [1.165, 1.54) is 4.90 Å². The minimum Gasteiger partial charge on any atom is -0.467 e. The standard InChI is InChI=1S/C32H26N4O4/c1-19-8-10-20(11-9-19)29-28-25(24-6-2-3-7-26(24)34-28)17-27-31(38)35(32(39)36(27)29)22-14-12-21(13-15-22)30(37)33-18-23-5-4-16-40-23/h2-16,27,29,34H,17-18H2,1H3,(H,33,37)/t27-,29+/m0/s1. The third kappa shape index (κ3) is 3.79. The molecule has 2 aliphatic rings. The van der Waals surface area contributed by atoms with Crippen molar-refractivity contribution in [1.82, 2.24) is 15.2 Å². The Labute approximate surface area is 230 Å². The summed E-state index contributed by atoms with van der Waals surface area (Å²) in [7, 11) is 0. The number of aryl methyl sites for hydroxylation is 1. The average Bonchev–Trinajstić information content (AvgIpc) is 3.69. The molecular weight excluding hydrogens is 504 g/mol. The van der Waals surface area contributed by atoms with Crippen LogP contribution in [0.5, 0.6) is 0 Å². The molecule has 5 aromatic rings. The lowest BCUT2D eigenvalue weighted by Gasteiger charge is -2.36. The number of rotatable bonds is 5. The zero-order valence-corrected chi connectivity index (χ0v) is 21.8. The summed E-state index contributed by atoms with van der Waals surface area (Å²) in [5.74, 6) is 0.105. The minimum atomic E-state index is -0.637. The molecule has 0 spiro atoms. The molecule has 4 heterocycles. The quantitative estimate of drug-likeness (QED) is 0.294. The SMILES string of the molecule is Cc1ccc([C@@H]2c3[nH]c4ccccc4c3C[C@H]3C(=O)N(c4ccc(C(=O)NCc5ccco5)cc4)C(=O)N23)cc1. The summed E-state index contributed by atoms with van der Waals surface area (Å²) in [6, 6.07) is 24.8. The maximum atomic E-state index is 14.0. The van der Waals surface area contributed by atoms with Gasteiger partial charge in [-0.25, -0.2) is 9.69 Å². The molecular formula is C32H26N4O4. The third-order valence-electron chi connectivity index (χ3n) is 7.83. The summed E-state index contributed by atoms with van der Waals surface area (Å²) in [6.07, 6.45) is 1.98. The maximum absolute atomic E-state index is 14.0. The maximum Gasteiger partial charge on any atom is 0.332 e. The zero-order chi connectivity index (χ0) is 27.4. The van der Waals surface area contributed by atoms with Gasteiger partial charge in [0.25, 0.3) is 11.8 Å². The highest BCUT2D eigenvalue weighted by atomic mass is 16.3. The highest BCUT2D eigenvalue weighted by Crippen LogP contribution is 2.44. The average molecular weight is 531 g/mol. The molecule has 2 atom stereocenters. The second-order valence-corrected chi connectivity index (χ2v) is 10.3. The Bertz CT molecular complexity index is 1750. The van der Waals surface area contributed by atoms with Gasteiger partial charge in [0.15, 0.2) is 0 Å². The van der Waals surface area contributed by atoms with E-state index in [-0.39, 0.29) is 24.4 Å². The van der Waals surface area contributed by atoms with Crippen molar-refractivity contribution >= 4 is 34.4 Å². The van der Waals surface area contributed by atoms with E-state index in [0.717, 1.165) is 33.3 Å². The number of fused-ring (bicyclic) bond motifs is 4. The first-order chi connectivity index (χ1) is 19.5. The number of furan rings is 1. The summed E-state index contributed by atoms with van der Waals surface area (Å²) < 4.78 is 5.26. The minimum absolute atomic E-state index is 0.266. The topological polar surface area (TPSA) is 98.6 Å². The van der Waals surface area contributed by atoms with Gasteiger partial charge in [-0.2, -0.15) is 0 Å². The summed E-state index contributed by atoms with van der Waals surface area (Å²) in [5.41, 5.74) is 5.90. The molecule has 0 radical (unpaired) electrons. The molecule has 8 heteroatoms. The van der Waals surface area contributed by atoms with Gasteiger partial charge in [0, 0.05) is 28.6 Å². The van der Waals surface area contributed by atoms with Gasteiger partial charge >= 0.3 is 6.03 Å². The summed E-state index contributed by atoms with van der Waals surface area (Å²) in [4.78, 5) is 47.0. The molecule has 4 amide bonds. The number of aromatic nitrogens is 1. The van der Waals surface area contributed by atoms with E-state index in [4.69, 9.17) is 4.42 Å². The number of urea groups is 1. The molecule has 0 unspecified atom stereocenters. The van der Waals surface area contributed by atoms with Gasteiger partial charge in [0.2, 0.25) is 0 Å². The van der Waals surface area contributed by atoms with Crippen molar-refractivity contribution < 1.29 is 18.8 Å². The second kappa shape index (κ2) is 9.27. The number of carbonyl (C=O) groups is 3. The van der Waals surface area contributed by atoms with Crippen LogP contribution in [0.25, 0.3) is 10.9 Å². The van der Waals surface area contributed by atoms with Gasteiger partial charge in [-0.05, 0) is 60.5 Å². The molecule has 2 aliphatic heterocycles. The lowest BCUT2D eigenvalue weighted by molar-refractivity contribution is -0.120. The van der Waals surface area contributed by atoms with Crippen molar-refractivity contribution in [2.45, 2.75) is 32.0 Å². The van der Waals surface area contributed by atoms with Crippen molar-refractivity contribution in [3.63, 3.8) is 0 Å². The Balaban J connectivity index is 1.22. The largest absolute Gasteiger partial charge is 0.467 e. The molecule has 7 rings (SSSR count). The number of H-pyrrole nitrogens is 1. The first kappa shape index (κ1) is 24.0. The lowest BCUT2D eigenvalue weighted by Crippen LogP contribution is -2.44. The van der Waals surface area contributed by atoms with Gasteiger partial charge < -0.3 is 14.7 Å². The van der Waals surface area contributed by atoms with Gasteiger partial charge in [-0.15, -0.1) is 0 Å². The van der Waals surface area contributed by atoms with Crippen LogP contribution >= 0.6 is 0 Å². The van der Waals surface area contributed by atoms with Crippen molar-refractivity contribution in [3.05, 3.63) is 125 Å².